The Labute approximate surface area is 219 Å². The second-order valence-corrected chi connectivity index (χ2v) is 9.99. The van der Waals surface area contributed by atoms with Crippen molar-refractivity contribution in [3.63, 3.8) is 0 Å². The molecule has 0 saturated carbocycles. The fourth-order valence-electron chi connectivity index (χ4n) is 5.60. The molecule has 1 saturated heterocycles. The highest BCUT2D eigenvalue weighted by atomic mass is 19.1. The highest BCUT2D eigenvalue weighted by Gasteiger charge is 2.29. The average Bonchev–Trinajstić information content (AvgIpc) is 3.29. The minimum Gasteiger partial charge on any atom is -0.369 e. The maximum Gasteiger partial charge on any atom is 0.231 e. The molecule has 4 aromatic rings. The van der Waals surface area contributed by atoms with Crippen LogP contribution in [0, 0.1) is 18.6 Å². The lowest BCUT2D eigenvalue weighted by Gasteiger charge is -2.38. The van der Waals surface area contributed by atoms with Crippen LogP contribution in [0.15, 0.2) is 42.6 Å². The molecule has 1 amide bonds. The summed E-state index contributed by atoms with van der Waals surface area (Å²) in [6.07, 6.45) is 2.60. The van der Waals surface area contributed by atoms with Gasteiger partial charge in [-0.1, -0.05) is 12.1 Å². The first kappa shape index (κ1) is 24.3. The van der Waals surface area contributed by atoms with E-state index in [1.807, 2.05) is 34.2 Å². The van der Waals surface area contributed by atoms with E-state index < -0.39 is 11.6 Å². The molecule has 2 aromatic carbocycles. The van der Waals surface area contributed by atoms with Gasteiger partial charge in [0, 0.05) is 80.0 Å². The summed E-state index contributed by atoms with van der Waals surface area (Å²) in [5, 5.41) is 1.09. The molecule has 38 heavy (non-hydrogen) atoms. The molecule has 3 N–H and O–H groups in total. The van der Waals surface area contributed by atoms with Crippen molar-refractivity contribution in [1.82, 2.24) is 19.9 Å². The topological polar surface area (TPSA) is 94.4 Å². The molecule has 6 rings (SSSR count). The number of anilines is 2. The number of H-pyrrole nitrogens is 1. The van der Waals surface area contributed by atoms with Gasteiger partial charge in [0.2, 0.25) is 5.91 Å². The molecule has 0 aliphatic carbocycles. The number of amides is 1. The smallest absolute Gasteiger partial charge is 0.231 e. The predicted molar refractivity (Wildman–Crippen MR) is 143 cm³/mol. The van der Waals surface area contributed by atoms with Crippen LogP contribution in [0.5, 0.6) is 0 Å². The Balaban J connectivity index is 1.42. The molecular formula is C28H29F2N7O. The van der Waals surface area contributed by atoms with Crippen LogP contribution < -0.4 is 15.5 Å². The van der Waals surface area contributed by atoms with E-state index in [0.717, 1.165) is 45.2 Å². The fourth-order valence-corrected chi connectivity index (χ4v) is 5.60. The zero-order valence-corrected chi connectivity index (χ0v) is 21.2. The molecule has 10 heteroatoms. The SMILES string of the molecule is Cc1c[nH]c2cccc(-c3nc4c(c(N5CCN(CC(N)=O)CC5)n3)CN(c3ccc(F)cc3F)CC4)c12. The summed E-state index contributed by atoms with van der Waals surface area (Å²) in [4.78, 5) is 31.1. The Morgan fingerprint density at radius 2 is 1.87 bits per heavy atom. The first-order chi connectivity index (χ1) is 18.4. The number of aryl methyl sites for hydroxylation is 1. The lowest BCUT2D eigenvalue weighted by molar-refractivity contribution is -0.119. The highest BCUT2D eigenvalue weighted by molar-refractivity contribution is 5.96. The van der Waals surface area contributed by atoms with Crippen molar-refractivity contribution in [3.05, 3.63) is 71.1 Å². The third-order valence-electron chi connectivity index (χ3n) is 7.48. The van der Waals surface area contributed by atoms with Crippen molar-refractivity contribution < 1.29 is 13.6 Å². The molecule has 2 aromatic heterocycles. The number of nitrogens with two attached hydrogens (primary N) is 1. The number of primary amides is 1. The summed E-state index contributed by atoms with van der Waals surface area (Å²) in [5.74, 6) is -0.0381. The number of aromatic nitrogens is 3. The Morgan fingerprint density at radius 3 is 2.63 bits per heavy atom. The molecule has 2 aliphatic heterocycles. The molecule has 1 fully saturated rings. The third-order valence-corrected chi connectivity index (χ3v) is 7.48. The molecule has 0 atom stereocenters. The summed E-state index contributed by atoms with van der Waals surface area (Å²) >= 11 is 0. The van der Waals surface area contributed by atoms with Crippen LogP contribution in [0.4, 0.5) is 20.3 Å². The Morgan fingerprint density at radius 1 is 1.05 bits per heavy atom. The number of hydrogen-bond acceptors (Lipinski definition) is 6. The molecule has 8 nitrogen and oxygen atoms in total. The van der Waals surface area contributed by atoms with Gasteiger partial charge in [0.1, 0.15) is 17.5 Å². The van der Waals surface area contributed by atoms with E-state index in [1.165, 1.54) is 12.1 Å². The molecule has 0 spiro atoms. The first-order valence-corrected chi connectivity index (χ1v) is 12.8. The van der Waals surface area contributed by atoms with Crippen LogP contribution in [-0.2, 0) is 17.8 Å². The normalized spacial score (nSPS) is 16.2. The van der Waals surface area contributed by atoms with Crippen molar-refractivity contribution >= 4 is 28.3 Å². The van der Waals surface area contributed by atoms with E-state index >= 15 is 0 Å². The number of halogens is 2. The minimum atomic E-state index is -0.597. The van der Waals surface area contributed by atoms with E-state index in [9.17, 15) is 13.6 Å². The van der Waals surface area contributed by atoms with Crippen molar-refractivity contribution in [1.29, 1.82) is 0 Å². The van der Waals surface area contributed by atoms with Crippen LogP contribution in [-0.4, -0.2) is 65.0 Å². The summed E-state index contributed by atoms with van der Waals surface area (Å²) in [6.45, 7) is 5.98. The molecule has 0 bridgehead atoms. The second kappa shape index (κ2) is 9.68. The lowest BCUT2D eigenvalue weighted by Crippen LogP contribution is -2.49. The Bertz CT molecular complexity index is 1530. The molecule has 2 aliphatic rings. The summed E-state index contributed by atoms with van der Waals surface area (Å²) in [5.41, 5.74) is 10.8. The zero-order valence-electron chi connectivity index (χ0n) is 21.2. The van der Waals surface area contributed by atoms with Gasteiger partial charge in [-0.3, -0.25) is 9.69 Å². The third kappa shape index (κ3) is 4.45. The Kier molecular flexibility index (Phi) is 6.19. The lowest BCUT2D eigenvalue weighted by atomic mass is 10.0. The number of hydrogen-bond donors (Lipinski definition) is 2. The van der Waals surface area contributed by atoms with Gasteiger partial charge < -0.3 is 20.5 Å². The van der Waals surface area contributed by atoms with Gasteiger partial charge in [-0.05, 0) is 30.7 Å². The number of nitrogens with zero attached hydrogens (tertiary/aromatic N) is 5. The van der Waals surface area contributed by atoms with Crippen molar-refractivity contribution in [3.8, 4) is 11.4 Å². The van der Waals surface area contributed by atoms with Gasteiger partial charge in [-0.2, -0.15) is 0 Å². The molecule has 0 unspecified atom stereocenters. The average molecular weight is 518 g/mol. The van der Waals surface area contributed by atoms with Crippen molar-refractivity contribution in [2.45, 2.75) is 19.9 Å². The molecular weight excluding hydrogens is 488 g/mol. The zero-order chi connectivity index (χ0) is 26.4. The van der Waals surface area contributed by atoms with Crippen LogP contribution in [0.1, 0.15) is 16.8 Å². The summed E-state index contributed by atoms with van der Waals surface area (Å²) in [6, 6.07) is 9.77. The molecule has 4 heterocycles. The summed E-state index contributed by atoms with van der Waals surface area (Å²) < 4.78 is 28.3. The summed E-state index contributed by atoms with van der Waals surface area (Å²) in [7, 11) is 0. The van der Waals surface area contributed by atoms with Gasteiger partial charge in [-0.25, -0.2) is 18.7 Å². The molecule has 0 radical (unpaired) electrons. The Hall–Kier alpha value is -4.05. The molecule has 196 valence electrons. The van der Waals surface area contributed by atoms with Gasteiger partial charge in [-0.15, -0.1) is 0 Å². The van der Waals surface area contributed by atoms with Crippen LogP contribution in [0.25, 0.3) is 22.3 Å². The van der Waals surface area contributed by atoms with Crippen molar-refractivity contribution in [2.24, 2.45) is 5.73 Å². The maximum atomic E-state index is 14.7. The van der Waals surface area contributed by atoms with Gasteiger partial charge in [0.15, 0.2) is 5.82 Å². The van der Waals surface area contributed by atoms with Gasteiger partial charge >= 0.3 is 0 Å². The largest absolute Gasteiger partial charge is 0.369 e. The second-order valence-electron chi connectivity index (χ2n) is 9.99. The van der Waals surface area contributed by atoms with Gasteiger partial charge in [0.25, 0.3) is 0 Å². The number of rotatable bonds is 5. The fraction of sp³-hybridized carbons (Fsp3) is 0.321. The number of carbonyl (C=O) groups excluding carboxylic acids is 1. The monoisotopic (exact) mass is 517 g/mol. The highest BCUT2D eigenvalue weighted by Crippen LogP contribution is 2.35. The first-order valence-electron chi connectivity index (χ1n) is 12.8. The number of aromatic amines is 1. The number of carbonyl (C=O) groups is 1. The number of fused-ring (bicyclic) bond motifs is 2. The van der Waals surface area contributed by atoms with E-state index in [1.54, 1.807) is 0 Å². The van der Waals surface area contributed by atoms with E-state index in [0.29, 0.717) is 57.2 Å². The van der Waals surface area contributed by atoms with Gasteiger partial charge in [0.05, 0.1) is 17.9 Å². The quantitative estimate of drug-likeness (QED) is 0.422. The maximum absolute atomic E-state index is 14.7. The number of benzene rings is 2. The predicted octanol–water partition coefficient (Wildman–Crippen LogP) is 3.38. The van der Waals surface area contributed by atoms with E-state index in [4.69, 9.17) is 15.7 Å². The van der Waals surface area contributed by atoms with E-state index in [2.05, 4.69) is 16.8 Å². The number of piperazine rings is 1. The standard InChI is InChI=1S/C28H29F2N7O/c1-17-14-32-23-4-2-3-19(26(17)23)27-33-22-7-8-37(24-6-5-18(29)13-21(24)30)15-20(22)28(34-27)36-11-9-35(10-12-36)16-25(31)38/h2-6,13-14,32H,7-12,15-16H2,1H3,(H2,31,38). The van der Waals surface area contributed by atoms with Crippen LogP contribution >= 0.6 is 0 Å². The van der Waals surface area contributed by atoms with Crippen LogP contribution in [0.2, 0.25) is 0 Å². The van der Waals surface area contributed by atoms with Crippen molar-refractivity contribution in [2.75, 3.05) is 49.1 Å². The van der Waals surface area contributed by atoms with Crippen LogP contribution in [0.3, 0.4) is 0 Å². The van der Waals surface area contributed by atoms with E-state index in [-0.39, 0.29) is 12.5 Å². The minimum absolute atomic E-state index is 0.230. The number of nitrogens with one attached hydrogen (secondary N) is 1.